The molecule has 0 unspecified atom stereocenters. The number of benzene rings is 1. The van der Waals surface area contributed by atoms with Gasteiger partial charge in [-0.15, -0.1) is 0 Å². The summed E-state index contributed by atoms with van der Waals surface area (Å²) >= 11 is 0. The van der Waals surface area contributed by atoms with Crippen LogP contribution in [0.4, 0.5) is 5.69 Å². The first-order valence-corrected chi connectivity index (χ1v) is 6.58. The Balaban J connectivity index is 2.45. The first kappa shape index (κ1) is 15.3. The van der Waals surface area contributed by atoms with E-state index in [4.69, 9.17) is 9.47 Å². The molecule has 0 aliphatic heterocycles. The lowest BCUT2D eigenvalue weighted by Crippen LogP contribution is -2.29. The van der Waals surface area contributed by atoms with Crippen LogP contribution in [0.25, 0.3) is 0 Å². The number of likely N-dealkylation sites (N-methyl/N-ethyl adjacent to an activating group) is 1. The highest BCUT2D eigenvalue weighted by Crippen LogP contribution is 2.23. The maximum atomic E-state index is 11.4. The molecule has 0 aliphatic carbocycles. The molecule has 0 bridgehead atoms. The fraction of sp³-hybridized carbons (Fsp3) is 0.500. The van der Waals surface area contributed by atoms with Gasteiger partial charge in [-0.1, -0.05) is 12.1 Å². The van der Waals surface area contributed by atoms with Gasteiger partial charge in [0.25, 0.3) is 0 Å². The van der Waals surface area contributed by atoms with Crippen molar-refractivity contribution in [3.05, 3.63) is 24.3 Å². The highest BCUT2D eigenvalue weighted by molar-refractivity contribution is 5.81. The Morgan fingerprint density at radius 3 is 2.74 bits per heavy atom. The fourth-order valence-electron chi connectivity index (χ4n) is 1.53. The minimum Gasteiger partial charge on any atom is -0.489 e. The maximum absolute atomic E-state index is 11.4. The average molecular weight is 266 g/mol. The molecule has 1 aromatic carbocycles. The van der Waals surface area contributed by atoms with Crippen LogP contribution in [0.15, 0.2) is 24.3 Å². The van der Waals surface area contributed by atoms with Crippen molar-refractivity contribution in [2.24, 2.45) is 0 Å². The molecule has 0 atom stereocenters. The number of ether oxygens (including phenoxy) is 2. The molecule has 0 aromatic heterocycles. The first-order chi connectivity index (χ1) is 9.27. The number of para-hydroxylation sites is 2. The van der Waals surface area contributed by atoms with Gasteiger partial charge in [-0.2, -0.15) is 0 Å². The van der Waals surface area contributed by atoms with E-state index in [1.807, 2.05) is 38.1 Å². The molecule has 0 saturated heterocycles. The summed E-state index contributed by atoms with van der Waals surface area (Å²) in [6.07, 6.45) is 0. The average Bonchev–Trinajstić information content (AvgIpc) is 2.43. The van der Waals surface area contributed by atoms with Gasteiger partial charge in [0.05, 0.1) is 18.8 Å². The van der Waals surface area contributed by atoms with Crippen molar-refractivity contribution in [1.82, 2.24) is 5.32 Å². The summed E-state index contributed by atoms with van der Waals surface area (Å²) in [5.74, 6) is 0.693. The summed E-state index contributed by atoms with van der Waals surface area (Å²) in [4.78, 5) is 11.4. The minimum absolute atomic E-state index is 0.0355. The summed E-state index contributed by atoms with van der Waals surface area (Å²) in [6, 6.07) is 7.55. The smallest absolute Gasteiger partial charge is 0.239 e. The van der Waals surface area contributed by atoms with E-state index in [0.717, 1.165) is 11.4 Å². The molecule has 0 radical (unpaired) electrons. The molecule has 1 aromatic rings. The fourth-order valence-corrected chi connectivity index (χ4v) is 1.53. The van der Waals surface area contributed by atoms with Crippen LogP contribution in [0.5, 0.6) is 5.75 Å². The van der Waals surface area contributed by atoms with Crippen LogP contribution < -0.4 is 15.4 Å². The quantitative estimate of drug-likeness (QED) is 0.667. The zero-order valence-corrected chi connectivity index (χ0v) is 11.6. The molecule has 5 nitrogen and oxygen atoms in total. The van der Waals surface area contributed by atoms with E-state index >= 15 is 0 Å². The summed E-state index contributed by atoms with van der Waals surface area (Å²) in [5.41, 5.74) is 0.810. The molecule has 2 N–H and O–H groups in total. The highest BCUT2D eigenvalue weighted by Gasteiger charge is 2.04. The molecule has 0 spiro atoms. The highest BCUT2D eigenvalue weighted by atomic mass is 16.5. The molecule has 5 heteroatoms. The summed E-state index contributed by atoms with van der Waals surface area (Å²) in [5, 5.41) is 5.79. The van der Waals surface area contributed by atoms with Crippen LogP contribution in [0.2, 0.25) is 0 Å². The third kappa shape index (κ3) is 6.10. The third-order valence-electron chi connectivity index (χ3n) is 2.39. The second kappa shape index (κ2) is 9.22. The Hall–Kier alpha value is -1.75. The number of anilines is 1. The summed E-state index contributed by atoms with van der Waals surface area (Å²) < 4.78 is 10.8. The molecule has 106 valence electrons. The van der Waals surface area contributed by atoms with Crippen LogP contribution in [0, 0.1) is 0 Å². The van der Waals surface area contributed by atoms with Crippen molar-refractivity contribution in [3.63, 3.8) is 0 Å². The topological polar surface area (TPSA) is 59.6 Å². The van der Waals surface area contributed by atoms with Crippen molar-refractivity contribution in [2.75, 3.05) is 38.2 Å². The molecule has 0 aliphatic rings. The SMILES string of the molecule is CCNC(=O)CNc1ccccc1OCCOCC. The van der Waals surface area contributed by atoms with Gasteiger partial charge in [0, 0.05) is 13.2 Å². The normalized spacial score (nSPS) is 10.0. The monoisotopic (exact) mass is 266 g/mol. The Morgan fingerprint density at radius 2 is 2.00 bits per heavy atom. The van der Waals surface area contributed by atoms with Gasteiger partial charge in [-0.25, -0.2) is 0 Å². The van der Waals surface area contributed by atoms with E-state index < -0.39 is 0 Å². The minimum atomic E-state index is -0.0355. The molecule has 1 amide bonds. The predicted molar refractivity (Wildman–Crippen MR) is 75.6 cm³/mol. The van der Waals surface area contributed by atoms with E-state index in [9.17, 15) is 4.79 Å². The van der Waals surface area contributed by atoms with Crippen molar-refractivity contribution in [1.29, 1.82) is 0 Å². The number of amides is 1. The summed E-state index contributed by atoms with van der Waals surface area (Å²) in [6.45, 7) is 6.44. The Bertz CT molecular complexity index is 383. The van der Waals surface area contributed by atoms with E-state index in [1.165, 1.54) is 0 Å². The number of hydrogen-bond acceptors (Lipinski definition) is 4. The zero-order chi connectivity index (χ0) is 13.9. The largest absolute Gasteiger partial charge is 0.489 e. The Labute approximate surface area is 114 Å². The van der Waals surface area contributed by atoms with Gasteiger partial charge in [0.1, 0.15) is 12.4 Å². The Morgan fingerprint density at radius 1 is 1.21 bits per heavy atom. The zero-order valence-electron chi connectivity index (χ0n) is 11.6. The lowest BCUT2D eigenvalue weighted by molar-refractivity contribution is -0.119. The maximum Gasteiger partial charge on any atom is 0.239 e. The van der Waals surface area contributed by atoms with Gasteiger partial charge < -0.3 is 20.1 Å². The summed E-state index contributed by atoms with van der Waals surface area (Å²) in [7, 11) is 0. The molecule has 19 heavy (non-hydrogen) atoms. The first-order valence-electron chi connectivity index (χ1n) is 6.58. The van der Waals surface area contributed by atoms with Gasteiger partial charge in [0.15, 0.2) is 0 Å². The molecular formula is C14H22N2O3. The molecule has 0 saturated carbocycles. The van der Waals surface area contributed by atoms with Crippen LogP contribution in [0.3, 0.4) is 0 Å². The number of nitrogens with one attached hydrogen (secondary N) is 2. The van der Waals surface area contributed by atoms with Gasteiger partial charge in [-0.3, -0.25) is 4.79 Å². The number of carbonyl (C=O) groups is 1. The van der Waals surface area contributed by atoms with Crippen molar-refractivity contribution >= 4 is 11.6 Å². The van der Waals surface area contributed by atoms with Crippen molar-refractivity contribution in [2.45, 2.75) is 13.8 Å². The van der Waals surface area contributed by atoms with Gasteiger partial charge in [-0.05, 0) is 26.0 Å². The van der Waals surface area contributed by atoms with Crippen molar-refractivity contribution < 1.29 is 14.3 Å². The van der Waals surface area contributed by atoms with E-state index in [1.54, 1.807) is 0 Å². The molecule has 0 fully saturated rings. The van der Waals surface area contributed by atoms with Gasteiger partial charge >= 0.3 is 0 Å². The van der Waals surface area contributed by atoms with Crippen LogP contribution in [-0.2, 0) is 9.53 Å². The third-order valence-corrected chi connectivity index (χ3v) is 2.39. The van der Waals surface area contributed by atoms with E-state index in [0.29, 0.717) is 26.4 Å². The number of rotatable bonds is 9. The van der Waals surface area contributed by atoms with E-state index in [-0.39, 0.29) is 12.5 Å². The number of hydrogen-bond donors (Lipinski definition) is 2. The Kier molecular flexibility index (Phi) is 7.43. The molecular weight excluding hydrogens is 244 g/mol. The van der Waals surface area contributed by atoms with E-state index in [2.05, 4.69) is 10.6 Å². The standard InChI is InChI=1S/C14H22N2O3/c1-3-15-14(17)11-16-12-7-5-6-8-13(12)19-10-9-18-4-2/h5-8,16H,3-4,9-11H2,1-2H3,(H,15,17). The van der Waals surface area contributed by atoms with Crippen LogP contribution in [0.1, 0.15) is 13.8 Å². The van der Waals surface area contributed by atoms with Crippen LogP contribution >= 0.6 is 0 Å². The number of carbonyl (C=O) groups excluding carboxylic acids is 1. The second-order valence-corrected chi connectivity index (χ2v) is 3.85. The van der Waals surface area contributed by atoms with Crippen LogP contribution in [-0.4, -0.2) is 38.8 Å². The predicted octanol–water partition coefficient (Wildman–Crippen LogP) is 1.65. The van der Waals surface area contributed by atoms with Crippen molar-refractivity contribution in [3.8, 4) is 5.75 Å². The lowest BCUT2D eigenvalue weighted by Gasteiger charge is -2.13. The molecule has 0 heterocycles. The molecule has 1 rings (SSSR count). The van der Waals surface area contributed by atoms with Gasteiger partial charge in [0.2, 0.25) is 5.91 Å². The second-order valence-electron chi connectivity index (χ2n) is 3.85. The lowest BCUT2D eigenvalue weighted by atomic mass is 10.3.